The third-order valence-electron chi connectivity index (χ3n) is 3.33. The fourth-order valence-electron chi connectivity index (χ4n) is 2.42. The molecule has 0 unspecified atom stereocenters. The van der Waals surface area contributed by atoms with Crippen molar-refractivity contribution < 1.29 is 27.1 Å². The van der Waals surface area contributed by atoms with E-state index in [1.165, 1.54) is 4.90 Å². The van der Waals surface area contributed by atoms with Crippen LogP contribution in [-0.2, 0) is 0 Å². The lowest BCUT2D eigenvalue weighted by Gasteiger charge is -2.35. The summed E-state index contributed by atoms with van der Waals surface area (Å²) < 4.78 is 64.1. The molecule has 2 N–H and O–H groups in total. The first-order valence-electron chi connectivity index (χ1n) is 6.59. The van der Waals surface area contributed by atoms with E-state index in [1.54, 1.807) is 0 Å². The molecule has 3 nitrogen and oxygen atoms in total. The largest absolute Gasteiger partial charge is 0.508 e. The topological polar surface area (TPSA) is 35.5 Å². The molecule has 2 rings (SSSR count). The lowest BCUT2D eigenvalue weighted by atomic mass is 10.0. The molecular formula is C13H15F5N2OS. The van der Waals surface area contributed by atoms with Crippen molar-refractivity contribution in [2.45, 2.75) is 22.9 Å². The number of hydrogen-bond acceptors (Lipinski definition) is 4. The van der Waals surface area contributed by atoms with Gasteiger partial charge in [-0.15, -0.1) is 0 Å². The Balaban J connectivity index is 2.31. The molecule has 0 saturated carbocycles. The van der Waals surface area contributed by atoms with Gasteiger partial charge in [0, 0.05) is 36.6 Å². The van der Waals surface area contributed by atoms with E-state index in [0.29, 0.717) is 26.2 Å². The van der Waals surface area contributed by atoms with Gasteiger partial charge in [0.2, 0.25) is 0 Å². The Bertz CT molecular complexity index is 506. The van der Waals surface area contributed by atoms with Gasteiger partial charge in [0.25, 0.3) is 6.43 Å². The monoisotopic (exact) mass is 342 g/mol. The zero-order valence-corrected chi connectivity index (χ0v) is 12.2. The van der Waals surface area contributed by atoms with Gasteiger partial charge in [0.05, 0.1) is 0 Å². The number of piperazine rings is 1. The second kappa shape index (κ2) is 7.01. The number of halogens is 5. The van der Waals surface area contributed by atoms with E-state index < -0.39 is 23.7 Å². The zero-order valence-electron chi connectivity index (χ0n) is 11.4. The average Bonchev–Trinajstić information content (AvgIpc) is 2.42. The highest BCUT2D eigenvalue weighted by Gasteiger charge is 2.34. The number of thioether (sulfide) groups is 1. The van der Waals surface area contributed by atoms with Crippen molar-refractivity contribution in [3.05, 3.63) is 23.8 Å². The summed E-state index contributed by atoms with van der Waals surface area (Å²) >= 11 is -0.387. The Hall–Kier alpha value is -1.06. The van der Waals surface area contributed by atoms with Crippen LogP contribution in [-0.4, -0.2) is 48.1 Å². The van der Waals surface area contributed by atoms with E-state index in [1.807, 2.05) is 0 Å². The van der Waals surface area contributed by atoms with Crippen molar-refractivity contribution in [3.63, 3.8) is 0 Å². The molecule has 0 bridgehead atoms. The fraction of sp³-hybridized carbons (Fsp3) is 0.538. The highest BCUT2D eigenvalue weighted by Crippen LogP contribution is 2.41. The fourth-order valence-corrected chi connectivity index (χ4v) is 3.01. The Kier molecular flexibility index (Phi) is 5.51. The number of aromatic hydroxyl groups is 1. The summed E-state index contributed by atoms with van der Waals surface area (Å²) in [5.74, 6) is -0.421. The van der Waals surface area contributed by atoms with Crippen LogP contribution < -0.4 is 5.32 Å². The van der Waals surface area contributed by atoms with Crippen LogP contribution >= 0.6 is 11.8 Å². The molecule has 1 aromatic carbocycles. The molecule has 22 heavy (non-hydrogen) atoms. The van der Waals surface area contributed by atoms with E-state index in [-0.39, 0.29) is 22.2 Å². The average molecular weight is 342 g/mol. The number of hydrogen-bond donors (Lipinski definition) is 2. The smallest absolute Gasteiger partial charge is 0.446 e. The van der Waals surface area contributed by atoms with Crippen molar-refractivity contribution in [2.75, 3.05) is 26.2 Å². The Morgan fingerprint density at radius 2 is 1.82 bits per heavy atom. The number of nitrogens with zero attached hydrogens (tertiary/aromatic N) is 1. The molecule has 1 aliphatic rings. The molecule has 1 saturated heterocycles. The summed E-state index contributed by atoms with van der Waals surface area (Å²) in [5.41, 5.74) is -4.69. The lowest BCUT2D eigenvalue weighted by Crippen LogP contribution is -2.46. The normalized spacial score (nSPS) is 18.6. The molecule has 0 spiro atoms. The highest BCUT2D eigenvalue weighted by atomic mass is 32.2. The Morgan fingerprint density at radius 1 is 1.18 bits per heavy atom. The molecule has 1 aromatic rings. The molecular weight excluding hydrogens is 327 g/mol. The minimum absolute atomic E-state index is 0.175. The van der Waals surface area contributed by atoms with Crippen molar-refractivity contribution in [3.8, 4) is 5.75 Å². The molecule has 1 heterocycles. The number of benzene rings is 1. The van der Waals surface area contributed by atoms with Gasteiger partial charge in [-0.25, -0.2) is 8.78 Å². The van der Waals surface area contributed by atoms with Crippen molar-refractivity contribution in [1.29, 1.82) is 0 Å². The van der Waals surface area contributed by atoms with Crippen LogP contribution in [0.15, 0.2) is 23.1 Å². The van der Waals surface area contributed by atoms with Crippen LogP contribution in [0, 0.1) is 0 Å². The summed E-state index contributed by atoms with van der Waals surface area (Å²) in [7, 11) is 0. The second-order valence-corrected chi connectivity index (χ2v) is 5.97. The van der Waals surface area contributed by atoms with Gasteiger partial charge in [-0.3, -0.25) is 4.90 Å². The Morgan fingerprint density at radius 3 is 2.36 bits per heavy atom. The van der Waals surface area contributed by atoms with Gasteiger partial charge in [-0.05, 0) is 30.0 Å². The van der Waals surface area contributed by atoms with Crippen LogP contribution in [0.5, 0.6) is 5.75 Å². The Labute approximate surface area is 128 Å². The molecule has 1 atom stereocenters. The van der Waals surface area contributed by atoms with Crippen molar-refractivity contribution >= 4 is 11.8 Å². The minimum atomic E-state index is -4.51. The maximum Gasteiger partial charge on any atom is 0.446 e. The van der Waals surface area contributed by atoms with Crippen LogP contribution in [0.2, 0.25) is 0 Å². The predicted octanol–water partition coefficient (Wildman–Crippen LogP) is 3.22. The summed E-state index contributed by atoms with van der Waals surface area (Å²) in [4.78, 5) is 1.25. The van der Waals surface area contributed by atoms with Crippen molar-refractivity contribution in [1.82, 2.24) is 10.2 Å². The summed E-state index contributed by atoms with van der Waals surface area (Å²) in [6.07, 6.45) is -2.81. The van der Waals surface area contributed by atoms with E-state index in [0.717, 1.165) is 18.2 Å². The summed E-state index contributed by atoms with van der Waals surface area (Å²) in [5, 5.41) is 12.8. The summed E-state index contributed by atoms with van der Waals surface area (Å²) in [6, 6.07) is 1.67. The SMILES string of the molecule is Oc1ccc(SC(F)(F)F)cc1[C@@H](C(F)F)N1CCNCC1. The molecule has 0 aliphatic carbocycles. The maximum atomic E-state index is 13.4. The van der Waals surface area contributed by atoms with Gasteiger partial charge in [-0.2, -0.15) is 13.2 Å². The van der Waals surface area contributed by atoms with Crippen LogP contribution in [0.4, 0.5) is 22.0 Å². The molecule has 9 heteroatoms. The minimum Gasteiger partial charge on any atom is -0.508 e. The molecule has 124 valence electrons. The van der Waals surface area contributed by atoms with Gasteiger partial charge in [-0.1, -0.05) is 0 Å². The molecule has 0 radical (unpaired) electrons. The molecule has 1 aliphatic heterocycles. The van der Waals surface area contributed by atoms with Crippen LogP contribution in [0.1, 0.15) is 11.6 Å². The molecule has 1 fully saturated rings. The summed E-state index contributed by atoms with van der Waals surface area (Å²) in [6.45, 7) is 1.71. The van der Waals surface area contributed by atoms with Crippen molar-refractivity contribution in [2.24, 2.45) is 0 Å². The van der Waals surface area contributed by atoms with E-state index in [9.17, 15) is 27.1 Å². The van der Waals surface area contributed by atoms with Crippen LogP contribution in [0.25, 0.3) is 0 Å². The number of alkyl halides is 5. The zero-order chi connectivity index (χ0) is 16.3. The number of phenolic OH excluding ortho intramolecular Hbond substituents is 1. The molecule has 0 amide bonds. The first kappa shape index (κ1) is 17.3. The first-order chi connectivity index (χ1) is 10.3. The third kappa shape index (κ3) is 4.47. The number of rotatable bonds is 4. The first-order valence-corrected chi connectivity index (χ1v) is 7.41. The maximum absolute atomic E-state index is 13.4. The van der Waals surface area contributed by atoms with E-state index >= 15 is 0 Å². The van der Waals surface area contributed by atoms with E-state index in [2.05, 4.69) is 5.32 Å². The highest BCUT2D eigenvalue weighted by molar-refractivity contribution is 8.00. The lowest BCUT2D eigenvalue weighted by molar-refractivity contribution is -0.0328. The molecule has 0 aromatic heterocycles. The number of nitrogens with one attached hydrogen (secondary N) is 1. The van der Waals surface area contributed by atoms with Gasteiger partial charge >= 0.3 is 5.51 Å². The van der Waals surface area contributed by atoms with Gasteiger partial charge < -0.3 is 10.4 Å². The van der Waals surface area contributed by atoms with E-state index in [4.69, 9.17) is 0 Å². The van der Waals surface area contributed by atoms with Crippen LogP contribution in [0.3, 0.4) is 0 Å². The third-order valence-corrected chi connectivity index (χ3v) is 4.06. The van der Waals surface area contributed by atoms with Gasteiger partial charge in [0.1, 0.15) is 11.8 Å². The quantitative estimate of drug-likeness (QED) is 0.651. The van der Waals surface area contributed by atoms with Gasteiger partial charge in [0.15, 0.2) is 0 Å². The second-order valence-electron chi connectivity index (χ2n) is 4.83. The standard InChI is InChI=1S/C13H15F5N2OS/c14-12(15)11(20-5-3-19-4-6-20)9-7-8(1-2-10(9)21)22-13(16,17)18/h1-2,7,11-12,19,21H,3-6H2/t11-/m0/s1. The predicted molar refractivity (Wildman–Crippen MR) is 73.2 cm³/mol. The number of phenols is 1.